The van der Waals surface area contributed by atoms with Crippen molar-refractivity contribution in [1.29, 1.82) is 0 Å². The van der Waals surface area contributed by atoms with Crippen LogP contribution in [-0.4, -0.2) is 37.6 Å². The molecule has 0 aliphatic heterocycles. The quantitative estimate of drug-likeness (QED) is 0.833. The Morgan fingerprint density at radius 2 is 1.90 bits per heavy atom. The molecule has 1 aromatic rings. The Hall–Kier alpha value is -1.55. The van der Waals surface area contributed by atoms with Crippen LogP contribution in [0.4, 0.5) is 0 Å². The molecule has 1 aromatic carbocycles. The van der Waals surface area contributed by atoms with Crippen LogP contribution in [0.25, 0.3) is 0 Å². The van der Waals surface area contributed by atoms with Crippen molar-refractivity contribution in [1.82, 2.24) is 10.2 Å². The number of benzene rings is 1. The van der Waals surface area contributed by atoms with Gasteiger partial charge in [0.25, 0.3) is 0 Å². The molecule has 0 saturated carbocycles. The summed E-state index contributed by atoms with van der Waals surface area (Å²) in [4.78, 5) is 13.8. The summed E-state index contributed by atoms with van der Waals surface area (Å²) in [7, 11) is 3.49. The molecule has 0 spiro atoms. The molecule has 0 radical (unpaired) electrons. The van der Waals surface area contributed by atoms with Crippen LogP contribution in [0.1, 0.15) is 38.8 Å². The van der Waals surface area contributed by atoms with Crippen LogP contribution in [0.15, 0.2) is 24.3 Å². The van der Waals surface area contributed by atoms with Gasteiger partial charge >= 0.3 is 0 Å². The van der Waals surface area contributed by atoms with Crippen molar-refractivity contribution in [3.8, 4) is 5.75 Å². The Balaban J connectivity index is 2.73. The van der Waals surface area contributed by atoms with E-state index in [0.717, 1.165) is 18.7 Å². The summed E-state index contributed by atoms with van der Waals surface area (Å²) in [5.74, 6) is 0.970. The number of ether oxygens (including phenoxy) is 1. The minimum Gasteiger partial charge on any atom is -0.497 e. The summed E-state index contributed by atoms with van der Waals surface area (Å²) < 4.78 is 5.17. The zero-order valence-corrected chi connectivity index (χ0v) is 13.1. The highest BCUT2D eigenvalue weighted by Crippen LogP contribution is 2.20. The van der Waals surface area contributed by atoms with Gasteiger partial charge in [0, 0.05) is 19.6 Å². The molecule has 0 bridgehead atoms. The van der Waals surface area contributed by atoms with E-state index in [2.05, 4.69) is 12.2 Å². The van der Waals surface area contributed by atoms with Crippen LogP contribution in [0, 0.1) is 0 Å². The second kappa shape index (κ2) is 7.90. The van der Waals surface area contributed by atoms with Crippen molar-refractivity contribution < 1.29 is 9.53 Å². The third-order valence-corrected chi connectivity index (χ3v) is 3.60. The predicted octanol–water partition coefficient (Wildman–Crippen LogP) is 2.60. The van der Waals surface area contributed by atoms with Gasteiger partial charge in [-0.05, 0) is 38.0 Å². The van der Waals surface area contributed by atoms with E-state index in [-0.39, 0.29) is 18.0 Å². The van der Waals surface area contributed by atoms with E-state index in [1.54, 1.807) is 12.0 Å². The Morgan fingerprint density at radius 1 is 1.30 bits per heavy atom. The van der Waals surface area contributed by atoms with Crippen LogP contribution >= 0.6 is 0 Å². The molecule has 20 heavy (non-hydrogen) atoms. The molecule has 4 heteroatoms. The van der Waals surface area contributed by atoms with Crippen molar-refractivity contribution in [3.05, 3.63) is 29.8 Å². The Morgan fingerprint density at radius 3 is 2.35 bits per heavy atom. The number of carbonyl (C=O) groups is 1. The fourth-order valence-electron chi connectivity index (χ4n) is 2.15. The summed E-state index contributed by atoms with van der Waals surface area (Å²) in [6.45, 7) is 6.74. The molecule has 1 N–H and O–H groups in total. The summed E-state index contributed by atoms with van der Waals surface area (Å²) in [6.07, 6.45) is 0.930. The highest BCUT2D eigenvalue weighted by molar-refractivity contribution is 5.81. The van der Waals surface area contributed by atoms with E-state index in [0.29, 0.717) is 0 Å². The van der Waals surface area contributed by atoms with Crippen LogP contribution in [0.2, 0.25) is 0 Å². The zero-order chi connectivity index (χ0) is 15.1. The number of amides is 1. The summed E-state index contributed by atoms with van der Waals surface area (Å²) >= 11 is 0. The number of carbonyl (C=O) groups excluding carboxylic acids is 1. The fourth-order valence-corrected chi connectivity index (χ4v) is 2.15. The van der Waals surface area contributed by atoms with Crippen molar-refractivity contribution in [2.45, 2.75) is 39.3 Å². The first-order chi connectivity index (χ1) is 9.53. The molecule has 2 atom stereocenters. The fraction of sp³-hybridized carbons (Fsp3) is 0.562. The van der Waals surface area contributed by atoms with Crippen LogP contribution < -0.4 is 10.1 Å². The monoisotopic (exact) mass is 278 g/mol. The average molecular weight is 278 g/mol. The van der Waals surface area contributed by atoms with E-state index in [4.69, 9.17) is 4.74 Å². The lowest BCUT2D eigenvalue weighted by Crippen LogP contribution is -2.44. The average Bonchev–Trinajstić information content (AvgIpc) is 2.50. The van der Waals surface area contributed by atoms with Gasteiger partial charge in [-0.25, -0.2) is 0 Å². The lowest BCUT2D eigenvalue weighted by Gasteiger charge is -2.25. The number of hydrogen-bond acceptors (Lipinski definition) is 3. The van der Waals surface area contributed by atoms with Gasteiger partial charge in [0.05, 0.1) is 13.2 Å². The molecule has 4 nitrogen and oxygen atoms in total. The van der Waals surface area contributed by atoms with Gasteiger partial charge in [0.15, 0.2) is 0 Å². The molecule has 0 saturated heterocycles. The maximum atomic E-state index is 12.1. The molecule has 0 aliphatic rings. The van der Waals surface area contributed by atoms with Gasteiger partial charge in [-0.2, -0.15) is 0 Å². The lowest BCUT2D eigenvalue weighted by molar-refractivity contribution is -0.131. The second-order valence-corrected chi connectivity index (χ2v) is 4.97. The van der Waals surface area contributed by atoms with Crippen LogP contribution in [0.5, 0.6) is 5.75 Å². The number of hydrogen-bond donors (Lipinski definition) is 1. The minimum absolute atomic E-state index is 0.125. The van der Waals surface area contributed by atoms with Gasteiger partial charge in [-0.3, -0.25) is 10.1 Å². The molecule has 1 rings (SSSR count). The van der Waals surface area contributed by atoms with E-state index in [9.17, 15) is 4.79 Å². The van der Waals surface area contributed by atoms with Gasteiger partial charge in [-0.1, -0.05) is 19.1 Å². The van der Waals surface area contributed by atoms with Gasteiger partial charge < -0.3 is 9.64 Å². The predicted molar refractivity (Wildman–Crippen MR) is 81.9 cm³/mol. The smallest absolute Gasteiger partial charge is 0.239 e. The second-order valence-electron chi connectivity index (χ2n) is 4.97. The molecular weight excluding hydrogens is 252 g/mol. The molecule has 0 heterocycles. The van der Waals surface area contributed by atoms with Crippen molar-refractivity contribution in [3.63, 3.8) is 0 Å². The SMILES string of the molecule is CCC(NC(C)C(=O)N(C)CC)c1ccc(OC)cc1. The summed E-state index contributed by atoms with van der Waals surface area (Å²) in [5.41, 5.74) is 1.17. The Labute approximate surface area is 122 Å². The maximum absolute atomic E-state index is 12.1. The number of nitrogens with zero attached hydrogens (tertiary/aromatic N) is 1. The number of likely N-dealkylation sites (N-methyl/N-ethyl adjacent to an activating group) is 1. The molecule has 112 valence electrons. The normalized spacial score (nSPS) is 13.7. The lowest BCUT2D eigenvalue weighted by atomic mass is 10.0. The first kappa shape index (κ1) is 16.5. The van der Waals surface area contributed by atoms with Crippen molar-refractivity contribution >= 4 is 5.91 Å². The first-order valence-electron chi connectivity index (χ1n) is 7.18. The standard InChI is InChI=1S/C16H26N2O2/c1-6-15(13-8-10-14(20-5)11-9-13)17-12(3)16(19)18(4)7-2/h8-12,15,17H,6-7H2,1-5H3. The van der Waals surface area contributed by atoms with Crippen molar-refractivity contribution in [2.24, 2.45) is 0 Å². The minimum atomic E-state index is -0.188. The topological polar surface area (TPSA) is 41.6 Å². The highest BCUT2D eigenvalue weighted by Gasteiger charge is 2.20. The number of methoxy groups -OCH3 is 1. The number of nitrogens with one attached hydrogen (secondary N) is 1. The summed E-state index contributed by atoms with van der Waals surface area (Å²) in [5, 5.41) is 3.40. The maximum Gasteiger partial charge on any atom is 0.239 e. The molecule has 0 fully saturated rings. The first-order valence-corrected chi connectivity index (χ1v) is 7.18. The van der Waals surface area contributed by atoms with E-state index in [1.807, 2.05) is 45.2 Å². The third-order valence-electron chi connectivity index (χ3n) is 3.60. The Kier molecular flexibility index (Phi) is 6.52. The van der Waals surface area contributed by atoms with E-state index >= 15 is 0 Å². The van der Waals surface area contributed by atoms with Crippen molar-refractivity contribution in [2.75, 3.05) is 20.7 Å². The molecule has 0 aromatic heterocycles. The Bertz CT molecular complexity index is 417. The number of rotatable bonds is 7. The molecule has 1 amide bonds. The van der Waals surface area contributed by atoms with Gasteiger partial charge in [-0.15, -0.1) is 0 Å². The highest BCUT2D eigenvalue weighted by atomic mass is 16.5. The van der Waals surface area contributed by atoms with Gasteiger partial charge in [0.1, 0.15) is 5.75 Å². The largest absolute Gasteiger partial charge is 0.497 e. The molecule has 0 aliphatic carbocycles. The molecule has 2 unspecified atom stereocenters. The van der Waals surface area contributed by atoms with E-state index in [1.165, 1.54) is 5.56 Å². The van der Waals surface area contributed by atoms with Crippen LogP contribution in [-0.2, 0) is 4.79 Å². The molecular formula is C16H26N2O2. The third kappa shape index (κ3) is 4.23. The van der Waals surface area contributed by atoms with Crippen LogP contribution in [0.3, 0.4) is 0 Å². The van der Waals surface area contributed by atoms with Gasteiger partial charge in [0.2, 0.25) is 5.91 Å². The zero-order valence-electron chi connectivity index (χ0n) is 13.1. The summed E-state index contributed by atoms with van der Waals surface area (Å²) in [6, 6.07) is 7.97. The van der Waals surface area contributed by atoms with E-state index < -0.39 is 0 Å².